The topological polar surface area (TPSA) is 103 Å². The number of ether oxygens (including phenoxy) is 2. The molecule has 0 unspecified atom stereocenters. The molecular weight excluding hydrogens is 372 g/mol. The van der Waals surface area contributed by atoms with Crippen LogP contribution in [0.3, 0.4) is 0 Å². The van der Waals surface area contributed by atoms with Gasteiger partial charge in [-0.25, -0.2) is 4.79 Å². The van der Waals surface area contributed by atoms with Gasteiger partial charge in [-0.2, -0.15) is 0 Å². The summed E-state index contributed by atoms with van der Waals surface area (Å²) in [6, 6.07) is 6.96. The van der Waals surface area contributed by atoms with Crippen LogP contribution in [0.5, 0.6) is 11.5 Å². The number of nitrogens with one attached hydrogen (secondary N) is 1. The number of methoxy groups -OCH3 is 1. The molecule has 144 valence electrons. The summed E-state index contributed by atoms with van der Waals surface area (Å²) >= 11 is 5.26. The number of benzene rings is 1. The number of hydrogen-bond acceptors (Lipinski definition) is 6. The number of imidazole rings is 1. The maximum Gasteiger partial charge on any atom is 0.332 e. The van der Waals surface area contributed by atoms with Crippen molar-refractivity contribution in [2.75, 3.05) is 13.7 Å². The van der Waals surface area contributed by atoms with E-state index in [1.807, 2.05) is 0 Å². The van der Waals surface area contributed by atoms with Crippen molar-refractivity contribution < 1.29 is 14.6 Å². The van der Waals surface area contributed by atoms with Crippen molar-refractivity contribution in [1.82, 2.24) is 18.7 Å². The maximum atomic E-state index is 12.5. The molecule has 0 fully saturated rings. The molecule has 3 aromatic rings. The van der Waals surface area contributed by atoms with Gasteiger partial charge < -0.3 is 24.1 Å². The monoisotopic (exact) mass is 392 g/mol. The lowest BCUT2D eigenvalue weighted by Gasteiger charge is -2.14. The molecule has 0 aliphatic carbocycles. The van der Waals surface area contributed by atoms with Crippen molar-refractivity contribution in [3.8, 4) is 11.5 Å². The highest BCUT2D eigenvalue weighted by Gasteiger charge is 2.17. The molecule has 0 radical (unpaired) electrons. The fraction of sp³-hybridized carbons (Fsp3) is 0.353. The number of aliphatic hydroxyl groups excluding tert-OH is 1. The number of aromatic amines is 1. The molecule has 1 atom stereocenters. The molecule has 0 amide bonds. The van der Waals surface area contributed by atoms with Crippen LogP contribution in [-0.2, 0) is 20.6 Å². The quantitative estimate of drug-likeness (QED) is 0.594. The Morgan fingerprint density at radius 2 is 1.78 bits per heavy atom. The molecule has 9 nitrogen and oxygen atoms in total. The summed E-state index contributed by atoms with van der Waals surface area (Å²) in [5.41, 5.74) is -0.396. The maximum absolute atomic E-state index is 12.5. The van der Waals surface area contributed by atoms with Crippen molar-refractivity contribution >= 4 is 23.4 Å². The summed E-state index contributed by atoms with van der Waals surface area (Å²) < 4.78 is 14.7. The van der Waals surface area contributed by atoms with Crippen LogP contribution in [0.25, 0.3) is 11.2 Å². The summed E-state index contributed by atoms with van der Waals surface area (Å²) in [6.07, 6.45) is -0.917. The van der Waals surface area contributed by atoms with Gasteiger partial charge in [0.25, 0.3) is 5.56 Å². The minimum atomic E-state index is -0.917. The summed E-state index contributed by atoms with van der Waals surface area (Å²) in [4.78, 5) is 27.4. The summed E-state index contributed by atoms with van der Waals surface area (Å²) in [5, 5.41) is 10.3. The van der Waals surface area contributed by atoms with E-state index in [0.29, 0.717) is 17.1 Å². The van der Waals surface area contributed by atoms with Crippen molar-refractivity contribution in [3.05, 3.63) is 49.9 Å². The van der Waals surface area contributed by atoms with E-state index in [4.69, 9.17) is 21.7 Å². The average Bonchev–Trinajstić information content (AvgIpc) is 2.99. The van der Waals surface area contributed by atoms with E-state index in [1.54, 1.807) is 38.4 Å². The lowest BCUT2D eigenvalue weighted by molar-refractivity contribution is 0.0930. The Hall–Kier alpha value is -2.85. The SMILES string of the molecule is COc1ccc(OC[C@H](O)Cn2c(=S)[nH]c3c2c(=O)n(C)c(=O)n3C)cc1. The van der Waals surface area contributed by atoms with Gasteiger partial charge in [-0.15, -0.1) is 0 Å². The van der Waals surface area contributed by atoms with Crippen molar-refractivity contribution in [2.45, 2.75) is 12.6 Å². The van der Waals surface area contributed by atoms with Crippen LogP contribution in [0.15, 0.2) is 33.9 Å². The van der Waals surface area contributed by atoms with Crippen LogP contribution < -0.4 is 20.7 Å². The Morgan fingerprint density at radius 1 is 1.15 bits per heavy atom. The predicted molar refractivity (Wildman–Crippen MR) is 102 cm³/mol. The third-order valence-electron chi connectivity index (χ3n) is 4.28. The van der Waals surface area contributed by atoms with Crippen LogP contribution in [-0.4, -0.2) is 43.6 Å². The zero-order valence-electron chi connectivity index (χ0n) is 15.1. The molecule has 1 aromatic carbocycles. The van der Waals surface area contributed by atoms with Gasteiger partial charge in [-0.05, 0) is 36.5 Å². The Morgan fingerprint density at radius 3 is 2.41 bits per heavy atom. The zero-order valence-corrected chi connectivity index (χ0v) is 15.9. The second-order valence-corrected chi connectivity index (χ2v) is 6.47. The van der Waals surface area contributed by atoms with Gasteiger partial charge in [0, 0.05) is 14.1 Å². The number of aliphatic hydroxyl groups is 1. The highest BCUT2D eigenvalue weighted by Crippen LogP contribution is 2.17. The van der Waals surface area contributed by atoms with Crippen LogP contribution in [0.4, 0.5) is 0 Å². The van der Waals surface area contributed by atoms with E-state index in [9.17, 15) is 14.7 Å². The number of aromatic nitrogens is 4. The van der Waals surface area contributed by atoms with Gasteiger partial charge in [0.05, 0.1) is 13.7 Å². The number of aryl methyl sites for hydroxylation is 1. The Balaban J connectivity index is 1.83. The standard InChI is InChI=1S/C17H20N4O5S/c1-19-14-13(15(23)20(2)17(19)24)21(16(27)18-14)8-10(22)9-26-12-6-4-11(25-3)5-7-12/h4-7,10,22H,8-9H2,1-3H3,(H,18,27)/t10-/m1/s1. The molecule has 0 saturated carbocycles. The highest BCUT2D eigenvalue weighted by molar-refractivity contribution is 7.71. The predicted octanol–water partition coefficient (Wildman–Crippen LogP) is 0.545. The number of H-pyrrole nitrogens is 1. The zero-order chi connectivity index (χ0) is 19.7. The van der Waals surface area contributed by atoms with Crippen LogP contribution in [0.1, 0.15) is 0 Å². The van der Waals surface area contributed by atoms with Gasteiger partial charge in [-0.1, -0.05) is 0 Å². The molecule has 2 N–H and O–H groups in total. The molecule has 2 aromatic heterocycles. The first kappa shape index (κ1) is 18.9. The molecule has 2 heterocycles. The van der Waals surface area contributed by atoms with E-state index in [1.165, 1.54) is 16.2 Å². The van der Waals surface area contributed by atoms with Crippen molar-refractivity contribution in [2.24, 2.45) is 14.1 Å². The Kier molecular flexibility index (Phi) is 5.19. The molecular formula is C17H20N4O5S. The van der Waals surface area contributed by atoms with E-state index in [-0.39, 0.29) is 23.4 Å². The molecule has 0 aliphatic rings. The summed E-state index contributed by atoms with van der Waals surface area (Å²) in [6.45, 7) is 0.0509. The second kappa shape index (κ2) is 7.41. The molecule has 3 rings (SSSR count). The minimum Gasteiger partial charge on any atom is -0.497 e. The van der Waals surface area contributed by atoms with Gasteiger partial charge in [0.15, 0.2) is 10.3 Å². The van der Waals surface area contributed by atoms with Gasteiger partial charge in [-0.3, -0.25) is 13.9 Å². The van der Waals surface area contributed by atoms with Crippen molar-refractivity contribution in [1.29, 1.82) is 0 Å². The minimum absolute atomic E-state index is 0.00680. The Labute approximate surface area is 159 Å². The van der Waals surface area contributed by atoms with Crippen LogP contribution in [0.2, 0.25) is 0 Å². The average molecular weight is 392 g/mol. The van der Waals surface area contributed by atoms with Gasteiger partial charge in [0.2, 0.25) is 0 Å². The van der Waals surface area contributed by atoms with E-state index in [2.05, 4.69) is 4.98 Å². The first-order valence-corrected chi connectivity index (χ1v) is 8.57. The highest BCUT2D eigenvalue weighted by atomic mass is 32.1. The molecule has 27 heavy (non-hydrogen) atoms. The van der Waals surface area contributed by atoms with Crippen molar-refractivity contribution in [3.63, 3.8) is 0 Å². The van der Waals surface area contributed by atoms with Gasteiger partial charge in [0.1, 0.15) is 29.9 Å². The summed E-state index contributed by atoms with van der Waals surface area (Å²) in [7, 11) is 4.52. The number of nitrogens with zero attached hydrogens (tertiary/aromatic N) is 3. The first-order valence-electron chi connectivity index (χ1n) is 8.17. The van der Waals surface area contributed by atoms with E-state index in [0.717, 1.165) is 4.57 Å². The van der Waals surface area contributed by atoms with E-state index < -0.39 is 17.4 Å². The normalized spacial score (nSPS) is 12.3. The molecule has 0 saturated heterocycles. The molecule has 0 aliphatic heterocycles. The first-order chi connectivity index (χ1) is 12.8. The lowest BCUT2D eigenvalue weighted by atomic mass is 10.3. The lowest BCUT2D eigenvalue weighted by Crippen LogP contribution is -2.38. The smallest absolute Gasteiger partial charge is 0.332 e. The molecule has 0 bridgehead atoms. The fourth-order valence-corrected chi connectivity index (χ4v) is 3.05. The largest absolute Gasteiger partial charge is 0.497 e. The number of fused-ring (bicyclic) bond motifs is 1. The third-order valence-corrected chi connectivity index (χ3v) is 4.60. The summed E-state index contributed by atoms with van der Waals surface area (Å²) in [5.74, 6) is 1.28. The Bertz CT molecular complexity index is 1140. The van der Waals surface area contributed by atoms with Crippen LogP contribution >= 0.6 is 12.2 Å². The fourth-order valence-electron chi connectivity index (χ4n) is 2.79. The van der Waals surface area contributed by atoms with Crippen LogP contribution in [0, 0.1) is 4.77 Å². The number of hydrogen-bond donors (Lipinski definition) is 2. The second-order valence-electron chi connectivity index (χ2n) is 6.08. The molecule has 0 spiro atoms. The van der Waals surface area contributed by atoms with Gasteiger partial charge >= 0.3 is 5.69 Å². The number of rotatable bonds is 6. The molecule has 10 heteroatoms. The van der Waals surface area contributed by atoms with E-state index >= 15 is 0 Å². The third kappa shape index (κ3) is 3.53.